The third-order valence-corrected chi connectivity index (χ3v) is 3.65. The maximum atomic E-state index is 12.5. The Labute approximate surface area is 138 Å². The number of pyridine rings is 1. The number of halogens is 1. The van der Waals surface area contributed by atoms with Gasteiger partial charge in [0.05, 0.1) is 18.2 Å². The fourth-order valence-electron chi connectivity index (χ4n) is 2.23. The minimum Gasteiger partial charge on any atom is -0.343 e. The summed E-state index contributed by atoms with van der Waals surface area (Å²) in [7, 11) is 0. The zero-order valence-electron chi connectivity index (χ0n) is 12.1. The van der Waals surface area contributed by atoms with Crippen molar-refractivity contribution >= 4 is 17.5 Å². The fourth-order valence-corrected chi connectivity index (χ4v) is 2.43. The molecule has 6 nitrogen and oxygen atoms in total. The molecular weight excluding hydrogens is 314 g/mol. The number of nitrogens with zero attached hydrogens (tertiary/aromatic N) is 4. The molecular formula is C16H14ClN5O. The molecule has 0 spiro atoms. The molecule has 0 bridgehead atoms. The summed E-state index contributed by atoms with van der Waals surface area (Å²) in [6.45, 7) is 0.466. The average Bonchev–Trinajstić information content (AvgIpc) is 3.08. The third-order valence-electron chi connectivity index (χ3n) is 3.35. The number of nitrogens with one attached hydrogen (secondary N) is 1. The van der Waals surface area contributed by atoms with E-state index < -0.39 is 0 Å². The van der Waals surface area contributed by atoms with Crippen molar-refractivity contribution < 1.29 is 4.79 Å². The van der Waals surface area contributed by atoms with E-state index >= 15 is 0 Å². The lowest BCUT2D eigenvalue weighted by Crippen LogP contribution is -2.32. The Balaban J connectivity index is 1.84. The fraction of sp³-hybridized carbons (Fsp3) is 0.125. The van der Waals surface area contributed by atoms with Crippen LogP contribution in [-0.2, 0) is 6.54 Å². The van der Waals surface area contributed by atoms with E-state index in [4.69, 9.17) is 11.6 Å². The maximum absolute atomic E-state index is 12.5. The summed E-state index contributed by atoms with van der Waals surface area (Å²) < 4.78 is 1.67. The molecule has 1 amide bonds. The molecule has 0 fully saturated rings. The Bertz CT molecular complexity index is 776. The Morgan fingerprint density at radius 1 is 1.22 bits per heavy atom. The van der Waals surface area contributed by atoms with E-state index in [9.17, 15) is 4.79 Å². The summed E-state index contributed by atoms with van der Waals surface area (Å²) in [6.07, 6.45) is 4.62. The van der Waals surface area contributed by atoms with Gasteiger partial charge in [-0.3, -0.25) is 9.48 Å². The number of benzene rings is 1. The lowest BCUT2D eigenvalue weighted by atomic mass is 10.1. The SMILES string of the molecule is O=C(N[C@@H](Cn1cncn1)c1ccccc1)c1cccnc1Cl. The molecule has 0 unspecified atom stereocenters. The number of amides is 1. The molecule has 3 rings (SSSR count). The average molecular weight is 328 g/mol. The molecule has 0 radical (unpaired) electrons. The van der Waals surface area contributed by atoms with Crippen molar-refractivity contribution in [3.8, 4) is 0 Å². The van der Waals surface area contributed by atoms with E-state index in [2.05, 4.69) is 20.4 Å². The Morgan fingerprint density at radius 2 is 2.04 bits per heavy atom. The summed E-state index contributed by atoms with van der Waals surface area (Å²) in [4.78, 5) is 20.4. The highest BCUT2D eigenvalue weighted by Crippen LogP contribution is 2.17. The number of aromatic nitrogens is 4. The largest absolute Gasteiger partial charge is 0.343 e. The Kier molecular flexibility index (Phi) is 4.63. The number of hydrogen-bond acceptors (Lipinski definition) is 4. The van der Waals surface area contributed by atoms with Crippen molar-refractivity contribution in [3.63, 3.8) is 0 Å². The van der Waals surface area contributed by atoms with Crippen molar-refractivity contribution in [2.45, 2.75) is 12.6 Å². The molecule has 7 heteroatoms. The van der Waals surface area contributed by atoms with Gasteiger partial charge in [-0.15, -0.1) is 0 Å². The van der Waals surface area contributed by atoms with Crippen LogP contribution in [0.25, 0.3) is 0 Å². The standard InChI is InChI=1S/C16H14ClN5O/c17-15-13(7-4-8-19-15)16(23)21-14(9-22-11-18-10-20-22)12-5-2-1-3-6-12/h1-8,10-11,14H,9H2,(H,21,23)/t14-/m0/s1. The van der Waals surface area contributed by atoms with Crippen LogP contribution >= 0.6 is 11.6 Å². The molecule has 1 N–H and O–H groups in total. The molecule has 0 aliphatic carbocycles. The van der Waals surface area contributed by atoms with Gasteiger partial charge in [0, 0.05) is 6.20 Å². The highest BCUT2D eigenvalue weighted by Gasteiger charge is 2.18. The zero-order chi connectivity index (χ0) is 16.1. The van der Waals surface area contributed by atoms with Gasteiger partial charge in [0.1, 0.15) is 17.8 Å². The van der Waals surface area contributed by atoms with Crippen LogP contribution in [0, 0.1) is 0 Å². The first-order valence-electron chi connectivity index (χ1n) is 7.03. The topological polar surface area (TPSA) is 72.7 Å². The van der Waals surface area contributed by atoms with Gasteiger partial charge in [-0.1, -0.05) is 41.9 Å². The summed E-state index contributed by atoms with van der Waals surface area (Å²) in [5.74, 6) is -0.280. The van der Waals surface area contributed by atoms with Gasteiger partial charge < -0.3 is 5.32 Å². The Morgan fingerprint density at radius 3 is 2.74 bits per heavy atom. The highest BCUT2D eigenvalue weighted by molar-refractivity contribution is 6.32. The first kappa shape index (κ1) is 15.2. The maximum Gasteiger partial charge on any atom is 0.254 e. The lowest BCUT2D eigenvalue weighted by Gasteiger charge is -2.19. The zero-order valence-corrected chi connectivity index (χ0v) is 12.9. The quantitative estimate of drug-likeness (QED) is 0.731. The second-order valence-electron chi connectivity index (χ2n) is 4.90. The molecule has 116 valence electrons. The first-order chi connectivity index (χ1) is 11.2. The predicted octanol–water partition coefficient (Wildman–Crippen LogP) is 2.50. The van der Waals surface area contributed by atoms with Gasteiger partial charge >= 0.3 is 0 Å². The molecule has 0 saturated carbocycles. The molecule has 1 atom stereocenters. The van der Waals surface area contributed by atoms with Gasteiger partial charge in [-0.05, 0) is 17.7 Å². The van der Waals surface area contributed by atoms with Gasteiger partial charge in [0.2, 0.25) is 0 Å². The van der Waals surface area contributed by atoms with Crippen LogP contribution in [0.5, 0.6) is 0 Å². The second-order valence-corrected chi connectivity index (χ2v) is 5.25. The molecule has 1 aromatic carbocycles. The molecule has 3 aromatic rings. The molecule has 23 heavy (non-hydrogen) atoms. The molecule has 0 aliphatic rings. The van der Waals surface area contributed by atoms with Crippen LogP contribution in [-0.4, -0.2) is 25.7 Å². The number of carbonyl (C=O) groups is 1. The number of hydrogen-bond donors (Lipinski definition) is 1. The summed E-state index contributed by atoms with van der Waals surface area (Å²) in [5.41, 5.74) is 1.31. The van der Waals surface area contributed by atoms with Gasteiger partial charge in [-0.2, -0.15) is 5.10 Å². The summed E-state index contributed by atoms with van der Waals surface area (Å²) in [5, 5.41) is 7.25. The minimum absolute atomic E-state index is 0.178. The summed E-state index contributed by atoms with van der Waals surface area (Å²) in [6, 6.07) is 12.7. The van der Waals surface area contributed by atoms with Gasteiger partial charge in [0.15, 0.2) is 0 Å². The molecule has 2 heterocycles. The van der Waals surface area contributed by atoms with Crippen LogP contribution in [0.3, 0.4) is 0 Å². The van der Waals surface area contributed by atoms with E-state index in [-0.39, 0.29) is 17.1 Å². The number of rotatable bonds is 5. The van der Waals surface area contributed by atoms with E-state index in [0.717, 1.165) is 5.56 Å². The van der Waals surface area contributed by atoms with Crippen LogP contribution in [0.15, 0.2) is 61.3 Å². The minimum atomic E-state index is -0.280. The normalized spacial score (nSPS) is 11.9. The predicted molar refractivity (Wildman–Crippen MR) is 85.9 cm³/mol. The van der Waals surface area contributed by atoms with E-state index in [0.29, 0.717) is 12.1 Å². The molecule has 0 saturated heterocycles. The second kappa shape index (κ2) is 7.02. The van der Waals surface area contributed by atoms with E-state index in [1.165, 1.54) is 6.33 Å². The van der Waals surface area contributed by atoms with Crippen LogP contribution in [0.4, 0.5) is 0 Å². The molecule has 2 aromatic heterocycles. The van der Waals surface area contributed by atoms with Crippen LogP contribution in [0.1, 0.15) is 22.0 Å². The van der Waals surface area contributed by atoms with E-state index in [1.807, 2.05) is 30.3 Å². The summed E-state index contributed by atoms with van der Waals surface area (Å²) >= 11 is 5.99. The Hall–Kier alpha value is -2.73. The lowest BCUT2D eigenvalue weighted by molar-refractivity contribution is 0.0931. The number of carbonyl (C=O) groups excluding carboxylic acids is 1. The van der Waals surface area contributed by atoms with Gasteiger partial charge in [-0.25, -0.2) is 9.97 Å². The van der Waals surface area contributed by atoms with Crippen LogP contribution < -0.4 is 5.32 Å². The van der Waals surface area contributed by atoms with Crippen molar-refractivity contribution in [1.29, 1.82) is 0 Å². The van der Waals surface area contributed by atoms with Crippen LogP contribution in [0.2, 0.25) is 5.15 Å². The first-order valence-corrected chi connectivity index (χ1v) is 7.40. The smallest absolute Gasteiger partial charge is 0.254 e. The third kappa shape index (κ3) is 3.73. The highest BCUT2D eigenvalue weighted by atomic mass is 35.5. The van der Waals surface area contributed by atoms with Crippen molar-refractivity contribution in [2.24, 2.45) is 0 Å². The van der Waals surface area contributed by atoms with E-state index in [1.54, 1.807) is 29.3 Å². The van der Waals surface area contributed by atoms with Crippen molar-refractivity contribution in [3.05, 3.63) is 77.6 Å². The monoisotopic (exact) mass is 327 g/mol. The molecule has 0 aliphatic heterocycles. The van der Waals surface area contributed by atoms with Crippen molar-refractivity contribution in [1.82, 2.24) is 25.1 Å². The van der Waals surface area contributed by atoms with Gasteiger partial charge in [0.25, 0.3) is 5.91 Å². The van der Waals surface area contributed by atoms with Crippen molar-refractivity contribution in [2.75, 3.05) is 0 Å².